The van der Waals surface area contributed by atoms with Gasteiger partial charge in [-0.25, -0.2) is 0 Å². The maximum atomic E-state index is 2.42. The normalized spacial score (nSPS) is 14.5. The highest BCUT2D eigenvalue weighted by Gasteiger charge is 2.13. The molecule has 0 atom stereocenters. The first-order valence-corrected chi connectivity index (χ1v) is 8.25. The van der Waals surface area contributed by atoms with Gasteiger partial charge in [0.15, 0.2) is 0 Å². The number of hydrogen-bond acceptors (Lipinski definition) is 0. The molecule has 0 saturated carbocycles. The maximum Gasteiger partial charge on any atom is -0.0143 e. The Morgan fingerprint density at radius 1 is 0.545 bits per heavy atom. The average Bonchev–Trinajstić information content (AvgIpc) is 2.58. The van der Waals surface area contributed by atoms with Gasteiger partial charge in [0.25, 0.3) is 0 Å². The van der Waals surface area contributed by atoms with Gasteiger partial charge < -0.3 is 0 Å². The third kappa shape index (κ3) is 1.77. The summed E-state index contributed by atoms with van der Waals surface area (Å²) in [5.41, 5.74) is 3.16. The first-order valence-electron chi connectivity index (χ1n) is 8.25. The first-order chi connectivity index (χ1) is 10.9. The molecule has 0 saturated heterocycles. The zero-order valence-electron chi connectivity index (χ0n) is 12.6. The minimum atomic E-state index is 1.24. The van der Waals surface area contributed by atoms with E-state index in [4.69, 9.17) is 0 Å². The molecule has 0 spiro atoms. The van der Waals surface area contributed by atoms with Crippen LogP contribution in [-0.2, 0) is 12.8 Å². The zero-order chi connectivity index (χ0) is 14.5. The Labute approximate surface area is 130 Å². The number of hydrogen-bond donors (Lipinski definition) is 0. The molecule has 0 heterocycles. The number of rotatable bonds is 0. The summed E-state index contributed by atoms with van der Waals surface area (Å²) in [6, 6.07) is 22.8. The van der Waals surface area contributed by atoms with Gasteiger partial charge >= 0.3 is 0 Å². The molecule has 0 N–H and O–H groups in total. The van der Waals surface area contributed by atoms with Gasteiger partial charge in [0, 0.05) is 0 Å². The highest BCUT2D eigenvalue weighted by molar-refractivity contribution is 6.05. The summed E-state index contributed by atoms with van der Waals surface area (Å²) in [7, 11) is 0. The Hall–Kier alpha value is -2.34. The average molecular weight is 282 g/mol. The monoisotopic (exact) mass is 282 g/mol. The van der Waals surface area contributed by atoms with Gasteiger partial charge in [0.2, 0.25) is 0 Å². The van der Waals surface area contributed by atoms with Gasteiger partial charge in [-0.3, -0.25) is 0 Å². The van der Waals surface area contributed by atoms with Gasteiger partial charge in [-0.1, -0.05) is 36.4 Å². The van der Waals surface area contributed by atoms with Crippen LogP contribution >= 0.6 is 0 Å². The Bertz CT molecular complexity index is 1020. The first kappa shape index (κ1) is 12.2. The van der Waals surface area contributed by atoms with E-state index >= 15 is 0 Å². The number of aryl methyl sites for hydroxylation is 2. The predicted octanol–water partition coefficient (Wildman–Crippen LogP) is 6.03. The van der Waals surface area contributed by atoms with Crippen molar-refractivity contribution < 1.29 is 0 Å². The fourth-order valence-electron chi connectivity index (χ4n) is 4.02. The van der Waals surface area contributed by atoms with E-state index < -0.39 is 0 Å². The summed E-state index contributed by atoms with van der Waals surface area (Å²) in [5, 5.41) is 8.24. The fourth-order valence-corrected chi connectivity index (χ4v) is 4.02. The molecule has 0 fully saturated rings. The largest absolute Gasteiger partial charge is 0.0616 e. The number of fused-ring (bicyclic) bond motifs is 5. The van der Waals surface area contributed by atoms with Gasteiger partial charge in [-0.2, -0.15) is 0 Å². The minimum Gasteiger partial charge on any atom is -0.0616 e. The van der Waals surface area contributed by atoms with E-state index in [1.165, 1.54) is 58.0 Å². The molecule has 0 aliphatic heterocycles. The van der Waals surface area contributed by atoms with Crippen molar-refractivity contribution in [3.63, 3.8) is 0 Å². The van der Waals surface area contributed by atoms with Crippen LogP contribution in [0.5, 0.6) is 0 Å². The lowest BCUT2D eigenvalue weighted by Crippen LogP contribution is -2.02. The lowest BCUT2D eigenvalue weighted by Gasteiger charge is -2.18. The molecule has 5 rings (SSSR count). The van der Waals surface area contributed by atoms with Gasteiger partial charge in [0.05, 0.1) is 0 Å². The Morgan fingerprint density at radius 2 is 1.23 bits per heavy atom. The van der Waals surface area contributed by atoms with Crippen LogP contribution in [0.15, 0.2) is 60.7 Å². The smallest absolute Gasteiger partial charge is 0.0143 e. The SMILES string of the molecule is c1ccc2cc3cc4c5c(ccc4cc3cc2c1)CCCC5. The lowest BCUT2D eigenvalue weighted by atomic mass is 9.87. The second kappa shape index (κ2) is 4.58. The molecule has 106 valence electrons. The van der Waals surface area contributed by atoms with Gasteiger partial charge in [-0.15, -0.1) is 0 Å². The highest BCUT2D eigenvalue weighted by Crippen LogP contribution is 2.33. The fraction of sp³-hybridized carbons (Fsp3) is 0.182. The standard InChI is InChI=1S/C22H18/c1-2-7-17-12-20-14-22-18(13-19(20)11-16(17)6-1)10-9-15-5-3-4-8-21(15)22/h1-2,6-7,9-14H,3-5,8H2. The third-order valence-corrected chi connectivity index (χ3v) is 5.17. The minimum absolute atomic E-state index is 1.24. The van der Waals surface area contributed by atoms with E-state index in [9.17, 15) is 0 Å². The molecule has 4 aromatic rings. The topological polar surface area (TPSA) is 0 Å². The van der Waals surface area contributed by atoms with Gasteiger partial charge in [0.1, 0.15) is 0 Å². The molecule has 1 aliphatic rings. The van der Waals surface area contributed by atoms with Crippen LogP contribution in [0.3, 0.4) is 0 Å². The molecule has 0 radical (unpaired) electrons. The molecule has 4 aromatic carbocycles. The van der Waals surface area contributed by atoms with Crippen LogP contribution in [0, 0.1) is 0 Å². The highest BCUT2D eigenvalue weighted by atomic mass is 14.2. The van der Waals surface area contributed by atoms with Crippen molar-refractivity contribution in [3.05, 3.63) is 71.8 Å². The van der Waals surface area contributed by atoms with Crippen LogP contribution in [-0.4, -0.2) is 0 Å². The van der Waals surface area contributed by atoms with Crippen molar-refractivity contribution in [2.24, 2.45) is 0 Å². The van der Waals surface area contributed by atoms with Crippen molar-refractivity contribution in [1.82, 2.24) is 0 Å². The second-order valence-corrected chi connectivity index (χ2v) is 6.53. The quantitative estimate of drug-likeness (QED) is 0.346. The van der Waals surface area contributed by atoms with Gasteiger partial charge in [-0.05, 0) is 93.4 Å². The Morgan fingerprint density at radius 3 is 2.05 bits per heavy atom. The van der Waals surface area contributed by atoms with Crippen molar-refractivity contribution in [2.45, 2.75) is 25.7 Å². The Balaban J connectivity index is 1.89. The summed E-state index contributed by atoms with van der Waals surface area (Å²) in [4.78, 5) is 0. The molecule has 0 nitrogen and oxygen atoms in total. The molecule has 0 heteroatoms. The summed E-state index contributed by atoms with van der Waals surface area (Å²) < 4.78 is 0. The third-order valence-electron chi connectivity index (χ3n) is 5.17. The molecule has 22 heavy (non-hydrogen) atoms. The summed E-state index contributed by atoms with van der Waals surface area (Å²) in [6.07, 6.45) is 5.17. The molecule has 1 aliphatic carbocycles. The van der Waals surface area contributed by atoms with E-state index in [0.717, 1.165) is 0 Å². The van der Waals surface area contributed by atoms with E-state index in [2.05, 4.69) is 60.7 Å². The zero-order valence-corrected chi connectivity index (χ0v) is 12.6. The van der Waals surface area contributed by atoms with E-state index in [0.29, 0.717) is 0 Å². The predicted molar refractivity (Wildman–Crippen MR) is 95.6 cm³/mol. The summed E-state index contributed by atoms with van der Waals surface area (Å²) in [6.45, 7) is 0. The molecule has 0 unspecified atom stereocenters. The van der Waals surface area contributed by atoms with Crippen LogP contribution in [0.4, 0.5) is 0 Å². The van der Waals surface area contributed by atoms with Crippen molar-refractivity contribution in [3.8, 4) is 0 Å². The summed E-state index contributed by atoms with van der Waals surface area (Å²) in [5.74, 6) is 0. The molecular weight excluding hydrogens is 264 g/mol. The second-order valence-electron chi connectivity index (χ2n) is 6.53. The van der Waals surface area contributed by atoms with Crippen LogP contribution in [0.1, 0.15) is 24.0 Å². The van der Waals surface area contributed by atoms with Crippen LogP contribution in [0.2, 0.25) is 0 Å². The van der Waals surface area contributed by atoms with Crippen LogP contribution < -0.4 is 0 Å². The molecule has 0 amide bonds. The molecule has 0 bridgehead atoms. The molecular formula is C22H18. The van der Waals surface area contributed by atoms with Crippen molar-refractivity contribution in [2.75, 3.05) is 0 Å². The maximum absolute atomic E-state index is 2.42. The van der Waals surface area contributed by atoms with E-state index in [1.54, 1.807) is 11.1 Å². The van der Waals surface area contributed by atoms with E-state index in [1.807, 2.05) is 0 Å². The van der Waals surface area contributed by atoms with Crippen molar-refractivity contribution in [1.29, 1.82) is 0 Å². The Kier molecular flexibility index (Phi) is 2.54. The van der Waals surface area contributed by atoms with Crippen LogP contribution in [0.25, 0.3) is 32.3 Å². The molecule has 0 aromatic heterocycles. The number of benzene rings is 4. The summed E-state index contributed by atoms with van der Waals surface area (Å²) >= 11 is 0. The van der Waals surface area contributed by atoms with Crippen molar-refractivity contribution >= 4 is 32.3 Å². The van der Waals surface area contributed by atoms with E-state index in [-0.39, 0.29) is 0 Å². The lowest BCUT2D eigenvalue weighted by molar-refractivity contribution is 0.690.